The summed E-state index contributed by atoms with van der Waals surface area (Å²) in [5.74, 6) is -0.214. The maximum absolute atomic E-state index is 13.2. The fourth-order valence-electron chi connectivity index (χ4n) is 3.55. The molecule has 0 bridgehead atoms. The summed E-state index contributed by atoms with van der Waals surface area (Å²) in [6.45, 7) is 4.12. The van der Waals surface area contributed by atoms with Crippen molar-refractivity contribution >= 4 is 57.3 Å². The van der Waals surface area contributed by atoms with Crippen LogP contribution >= 0.6 is 23.2 Å². The Balaban J connectivity index is 1.61. The van der Waals surface area contributed by atoms with Crippen LogP contribution < -0.4 is 10.6 Å². The summed E-state index contributed by atoms with van der Waals surface area (Å²) in [6, 6.07) is 10.0. The number of anilines is 1. The highest BCUT2D eigenvalue weighted by atomic mass is 35.5. The van der Waals surface area contributed by atoms with Crippen LogP contribution in [0.25, 0.3) is 10.9 Å². The number of halogens is 2. The van der Waals surface area contributed by atoms with Gasteiger partial charge in [-0.3, -0.25) is 14.4 Å². The molecule has 2 aromatic carbocycles. The minimum atomic E-state index is -0.331. The summed E-state index contributed by atoms with van der Waals surface area (Å²) in [6.07, 6.45) is 0.374. The summed E-state index contributed by atoms with van der Waals surface area (Å²) in [5.41, 5.74) is 1.77. The highest BCUT2D eigenvalue weighted by Gasteiger charge is 2.28. The molecule has 2 amide bonds. The second kappa shape index (κ2) is 9.33. The maximum atomic E-state index is 13.2. The van der Waals surface area contributed by atoms with Crippen LogP contribution in [0.4, 0.5) is 5.69 Å². The van der Waals surface area contributed by atoms with Crippen molar-refractivity contribution in [2.75, 3.05) is 11.6 Å². The van der Waals surface area contributed by atoms with E-state index < -0.39 is 0 Å². The number of rotatable bonds is 5. The van der Waals surface area contributed by atoms with Crippen molar-refractivity contribution in [3.05, 3.63) is 68.2 Å². The van der Waals surface area contributed by atoms with Gasteiger partial charge in [-0.1, -0.05) is 29.3 Å². The zero-order valence-electron chi connectivity index (χ0n) is 18.1. The van der Waals surface area contributed by atoms with Crippen molar-refractivity contribution in [1.29, 1.82) is 0 Å². The molecule has 1 aliphatic rings. The largest absolute Gasteiger partial charge is 0.330 e. The Bertz CT molecular complexity index is 1350. The van der Waals surface area contributed by atoms with E-state index in [1.54, 1.807) is 36.4 Å². The first kappa shape index (κ1) is 22.9. The number of hydrogen-bond donors (Lipinski definition) is 1. The molecule has 0 saturated carbocycles. The molecule has 8 nitrogen and oxygen atoms in total. The third-order valence-corrected chi connectivity index (χ3v) is 6.05. The molecule has 4 rings (SSSR count). The SMILES string of the molecule is CCN(Cc1nc2cc(Cl)ccc2c(=O)[nH]1)C(=O)C1=NN(c2ccc(C)c(Cl)c2)C(=O)CC1. The highest BCUT2D eigenvalue weighted by molar-refractivity contribution is 6.40. The molecule has 33 heavy (non-hydrogen) atoms. The first-order valence-corrected chi connectivity index (χ1v) is 11.2. The summed E-state index contributed by atoms with van der Waals surface area (Å²) >= 11 is 12.2. The van der Waals surface area contributed by atoms with Gasteiger partial charge in [0.2, 0.25) is 5.91 Å². The Morgan fingerprint density at radius 1 is 1.15 bits per heavy atom. The molecule has 0 atom stereocenters. The normalized spacial score (nSPS) is 13.9. The third kappa shape index (κ3) is 4.77. The molecule has 3 aromatic rings. The predicted molar refractivity (Wildman–Crippen MR) is 129 cm³/mol. The van der Waals surface area contributed by atoms with E-state index in [9.17, 15) is 14.4 Å². The van der Waals surface area contributed by atoms with Crippen molar-refractivity contribution < 1.29 is 9.59 Å². The zero-order chi connectivity index (χ0) is 23.7. The van der Waals surface area contributed by atoms with Crippen LogP contribution in [0.1, 0.15) is 31.2 Å². The number of carbonyl (C=O) groups is 2. The van der Waals surface area contributed by atoms with E-state index in [2.05, 4.69) is 15.1 Å². The van der Waals surface area contributed by atoms with Gasteiger partial charge in [0, 0.05) is 29.4 Å². The molecule has 170 valence electrons. The first-order valence-electron chi connectivity index (χ1n) is 10.4. The quantitative estimate of drug-likeness (QED) is 0.588. The molecule has 0 fully saturated rings. The third-order valence-electron chi connectivity index (χ3n) is 5.41. The Kier molecular flexibility index (Phi) is 6.49. The number of hydrogen-bond acceptors (Lipinski definition) is 5. The molecule has 0 spiro atoms. The minimum Gasteiger partial charge on any atom is -0.330 e. The lowest BCUT2D eigenvalue weighted by Gasteiger charge is -2.26. The van der Waals surface area contributed by atoms with Gasteiger partial charge in [0.15, 0.2) is 0 Å². The number of nitrogens with one attached hydrogen (secondary N) is 1. The van der Waals surface area contributed by atoms with E-state index in [1.165, 1.54) is 9.91 Å². The number of aryl methyl sites for hydroxylation is 1. The molecule has 0 radical (unpaired) electrons. The van der Waals surface area contributed by atoms with Crippen molar-refractivity contribution in [2.24, 2.45) is 5.10 Å². The van der Waals surface area contributed by atoms with Gasteiger partial charge in [0.1, 0.15) is 11.5 Å². The van der Waals surface area contributed by atoms with Crippen LogP contribution in [0, 0.1) is 6.92 Å². The van der Waals surface area contributed by atoms with Gasteiger partial charge in [-0.2, -0.15) is 5.10 Å². The molecule has 10 heteroatoms. The fraction of sp³-hybridized carbons (Fsp3) is 0.261. The van der Waals surface area contributed by atoms with Gasteiger partial charge in [0.25, 0.3) is 11.5 Å². The van der Waals surface area contributed by atoms with Gasteiger partial charge in [0.05, 0.1) is 23.1 Å². The van der Waals surface area contributed by atoms with E-state index in [1.807, 2.05) is 13.8 Å². The second-order valence-corrected chi connectivity index (χ2v) is 8.52. The number of H-pyrrole nitrogens is 1. The molecule has 0 aliphatic carbocycles. The van der Waals surface area contributed by atoms with Gasteiger partial charge in [-0.25, -0.2) is 9.99 Å². The van der Waals surface area contributed by atoms with Crippen LogP contribution in [0.2, 0.25) is 10.0 Å². The number of carbonyl (C=O) groups excluding carboxylic acids is 2. The topological polar surface area (TPSA) is 98.7 Å². The highest BCUT2D eigenvalue weighted by Crippen LogP contribution is 2.26. The number of aromatic amines is 1. The number of nitrogens with zero attached hydrogens (tertiary/aromatic N) is 4. The van der Waals surface area contributed by atoms with Crippen LogP contribution in [0.3, 0.4) is 0 Å². The maximum Gasteiger partial charge on any atom is 0.270 e. The Hall–Kier alpha value is -3.23. The van der Waals surface area contributed by atoms with E-state index in [0.29, 0.717) is 39.0 Å². The van der Waals surface area contributed by atoms with Gasteiger partial charge in [-0.15, -0.1) is 0 Å². The molecule has 1 aromatic heterocycles. The van der Waals surface area contributed by atoms with Crippen LogP contribution in [-0.2, 0) is 16.1 Å². The number of benzene rings is 2. The lowest BCUT2D eigenvalue weighted by atomic mass is 10.1. The van der Waals surface area contributed by atoms with Crippen molar-refractivity contribution in [1.82, 2.24) is 14.9 Å². The summed E-state index contributed by atoms with van der Waals surface area (Å²) in [7, 11) is 0. The van der Waals surface area contributed by atoms with Crippen LogP contribution in [-0.4, -0.2) is 38.9 Å². The molecular formula is C23H21Cl2N5O3. The monoisotopic (exact) mass is 485 g/mol. The Labute approximate surface area is 199 Å². The minimum absolute atomic E-state index is 0.0797. The van der Waals surface area contributed by atoms with Crippen molar-refractivity contribution in [3.8, 4) is 0 Å². The van der Waals surface area contributed by atoms with E-state index in [0.717, 1.165) is 5.56 Å². The van der Waals surface area contributed by atoms with Gasteiger partial charge >= 0.3 is 0 Å². The lowest BCUT2D eigenvalue weighted by Crippen LogP contribution is -2.41. The number of hydrazone groups is 1. The molecule has 0 unspecified atom stereocenters. The molecule has 2 heterocycles. The summed E-state index contributed by atoms with van der Waals surface area (Å²) < 4.78 is 0. The van der Waals surface area contributed by atoms with Crippen LogP contribution in [0.5, 0.6) is 0 Å². The standard InChI is InChI=1S/C23H21Cl2N5O3/c1-3-29(12-20-26-19-10-14(24)5-7-16(19)22(32)27-20)23(33)18-8-9-21(31)30(28-18)15-6-4-13(2)17(25)11-15/h4-7,10-11H,3,8-9,12H2,1-2H3,(H,26,27,32). The smallest absolute Gasteiger partial charge is 0.270 e. The average molecular weight is 486 g/mol. The average Bonchev–Trinajstić information content (AvgIpc) is 2.79. The molecule has 0 saturated heterocycles. The second-order valence-electron chi connectivity index (χ2n) is 7.68. The van der Waals surface area contributed by atoms with Crippen LogP contribution in [0.15, 0.2) is 46.3 Å². The zero-order valence-corrected chi connectivity index (χ0v) is 19.6. The number of fused-ring (bicyclic) bond motifs is 1. The molecular weight excluding hydrogens is 465 g/mol. The Morgan fingerprint density at radius 2 is 1.94 bits per heavy atom. The molecule has 1 aliphatic heterocycles. The van der Waals surface area contributed by atoms with E-state index >= 15 is 0 Å². The van der Waals surface area contributed by atoms with Crippen molar-refractivity contribution in [3.63, 3.8) is 0 Å². The number of aromatic nitrogens is 2. The predicted octanol–water partition coefficient (Wildman–Crippen LogP) is 4.07. The van der Waals surface area contributed by atoms with E-state index in [4.69, 9.17) is 23.2 Å². The number of amides is 2. The van der Waals surface area contributed by atoms with Gasteiger partial charge in [-0.05, 0) is 49.7 Å². The summed E-state index contributed by atoms with van der Waals surface area (Å²) in [4.78, 5) is 46.8. The summed E-state index contributed by atoms with van der Waals surface area (Å²) in [5, 5.41) is 6.94. The Morgan fingerprint density at radius 3 is 2.67 bits per heavy atom. The van der Waals surface area contributed by atoms with E-state index in [-0.39, 0.29) is 42.5 Å². The lowest BCUT2D eigenvalue weighted by molar-refractivity contribution is -0.124. The first-order chi connectivity index (χ1) is 15.8. The van der Waals surface area contributed by atoms with Gasteiger partial charge < -0.3 is 9.88 Å². The fourth-order valence-corrected chi connectivity index (χ4v) is 3.89. The molecule has 1 N–H and O–H groups in total. The van der Waals surface area contributed by atoms with Crippen molar-refractivity contribution in [2.45, 2.75) is 33.2 Å².